The highest BCUT2D eigenvalue weighted by atomic mass is 32.2. The van der Waals surface area contributed by atoms with E-state index < -0.39 is 14.9 Å². The van der Waals surface area contributed by atoms with Gasteiger partial charge < -0.3 is 15.5 Å². The molecule has 0 saturated carbocycles. The Kier molecular flexibility index (Phi) is 8.46. The van der Waals surface area contributed by atoms with Crippen molar-refractivity contribution in [2.45, 2.75) is 24.2 Å². The van der Waals surface area contributed by atoms with E-state index in [1.165, 1.54) is 23.5 Å². The third-order valence-electron chi connectivity index (χ3n) is 6.06. The Morgan fingerprint density at radius 1 is 1.18 bits per heavy atom. The first-order valence-corrected chi connectivity index (χ1v) is 12.7. The normalized spacial score (nSPS) is 15.0. The van der Waals surface area contributed by atoms with Gasteiger partial charge in [-0.2, -0.15) is 4.31 Å². The first-order valence-electron chi connectivity index (χ1n) is 11.2. The lowest BCUT2D eigenvalue weighted by atomic mass is 9.97. The van der Waals surface area contributed by atoms with Gasteiger partial charge in [0.15, 0.2) is 0 Å². The molecular formula is C23H31N5O5S. The molecule has 0 bridgehead atoms. The Balaban J connectivity index is 1.49. The second kappa shape index (κ2) is 11.3. The number of rotatable bonds is 10. The third kappa shape index (κ3) is 6.03. The SMILES string of the molecule is CNc1ccc(S(=O)(=O)N2CCC(C(=O)NCCCN(C)c3ccccc3)CC2)cc1[N+](=O)[O-]. The molecule has 11 heteroatoms. The topological polar surface area (TPSA) is 125 Å². The molecule has 0 radical (unpaired) electrons. The zero-order valence-corrected chi connectivity index (χ0v) is 20.3. The number of piperidine rings is 1. The summed E-state index contributed by atoms with van der Waals surface area (Å²) in [4.78, 5) is 25.2. The molecule has 34 heavy (non-hydrogen) atoms. The van der Waals surface area contributed by atoms with Gasteiger partial charge >= 0.3 is 0 Å². The van der Waals surface area contributed by atoms with Gasteiger partial charge in [-0.05, 0) is 43.5 Å². The predicted octanol–water partition coefficient (Wildman–Crippen LogP) is 2.68. The van der Waals surface area contributed by atoms with Crippen LogP contribution in [-0.4, -0.2) is 63.8 Å². The van der Waals surface area contributed by atoms with Crippen molar-refractivity contribution in [3.8, 4) is 0 Å². The molecule has 1 heterocycles. The number of benzene rings is 2. The molecule has 2 aromatic rings. The van der Waals surface area contributed by atoms with E-state index in [2.05, 4.69) is 15.5 Å². The molecular weight excluding hydrogens is 458 g/mol. The number of nitro groups is 1. The summed E-state index contributed by atoms with van der Waals surface area (Å²) in [6, 6.07) is 13.8. The lowest BCUT2D eigenvalue weighted by Gasteiger charge is -2.30. The fraction of sp³-hybridized carbons (Fsp3) is 0.435. The van der Waals surface area contributed by atoms with Crippen LogP contribution in [0.15, 0.2) is 53.4 Å². The zero-order chi connectivity index (χ0) is 24.7. The summed E-state index contributed by atoms with van der Waals surface area (Å²) in [5, 5.41) is 16.9. The summed E-state index contributed by atoms with van der Waals surface area (Å²) in [5.74, 6) is -0.312. The highest BCUT2D eigenvalue weighted by Crippen LogP contribution is 2.30. The molecule has 1 saturated heterocycles. The van der Waals surface area contributed by atoms with Gasteiger partial charge in [-0.3, -0.25) is 14.9 Å². The number of nitrogens with zero attached hydrogens (tertiary/aromatic N) is 3. The maximum Gasteiger partial charge on any atom is 0.293 e. The van der Waals surface area contributed by atoms with E-state index >= 15 is 0 Å². The van der Waals surface area contributed by atoms with Gasteiger partial charge in [0.1, 0.15) is 5.69 Å². The minimum atomic E-state index is -3.89. The molecule has 184 valence electrons. The standard InChI is InChI=1S/C23H31N5O5S/c1-24-21-10-9-20(17-22(21)28(30)31)34(32,33)27-15-11-18(12-16-27)23(29)25-13-6-14-26(2)19-7-4-3-5-8-19/h3-5,7-10,17-18,24H,6,11-16H2,1-2H3,(H,25,29). The predicted molar refractivity (Wildman–Crippen MR) is 131 cm³/mol. The highest BCUT2D eigenvalue weighted by molar-refractivity contribution is 7.89. The van der Waals surface area contributed by atoms with Crippen molar-refractivity contribution in [1.29, 1.82) is 0 Å². The van der Waals surface area contributed by atoms with Crippen LogP contribution in [0.3, 0.4) is 0 Å². The molecule has 2 aromatic carbocycles. The molecule has 10 nitrogen and oxygen atoms in total. The van der Waals surface area contributed by atoms with Crippen LogP contribution in [0.1, 0.15) is 19.3 Å². The summed E-state index contributed by atoms with van der Waals surface area (Å²) in [5.41, 5.74) is 1.07. The average molecular weight is 490 g/mol. The third-order valence-corrected chi connectivity index (χ3v) is 7.96. The number of para-hydroxylation sites is 1. The summed E-state index contributed by atoms with van der Waals surface area (Å²) in [6.45, 7) is 1.74. The molecule has 1 fully saturated rings. The number of carbonyl (C=O) groups excluding carboxylic acids is 1. The largest absolute Gasteiger partial charge is 0.383 e. The van der Waals surface area contributed by atoms with Gasteiger partial charge in [0.2, 0.25) is 15.9 Å². The highest BCUT2D eigenvalue weighted by Gasteiger charge is 2.33. The number of amides is 1. The van der Waals surface area contributed by atoms with E-state index in [9.17, 15) is 23.3 Å². The summed E-state index contributed by atoms with van der Waals surface area (Å²) in [7, 11) is -0.341. The fourth-order valence-electron chi connectivity index (χ4n) is 4.03. The maximum absolute atomic E-state index is 13.0. The molecule has 2 N–H and O–H groups in total. The van der Waals surface area contributed by atoms with E-state index in [0.717, 1.165) is 24.7 Å². The smallest absolute Gasteiger partial charge is 0.293 e. The fourth-order valence-corrected chi connectivity index (χ4v) is 5.52. The molecule has 0 atom stereocenters. The van der Waals surface area contributed by atoms with Gasteiger partial charge in [0, 0.05) is 57.9 Å². The Bertz CT molecular complexity index is 1100. The summed E-state index contributed by atoms with van der Waals surface area (Å²) in [6.07, 6.45) is 1.61. The van der Waals surface area contributed by atoms with Crippen LogP contribution >= 0.6 is 0 Å². The van der Waals surface area contributed by atoms with Crippen LogP contribution in [0.4, 0.5) is 17.1 Å². The molecule has 3 rings (SSSR count). The van der Waals surface area contributed by atoms with Gasteiger partial charge in [0.05, 0.1) is 9.82 Å². The van der Waals surface area contributed by atoms with Crippen molar-refractivity contribution < 1.29 is 18.1 Å². The number of carbonyl (C=O) groups is 1. The van der Waals surface area contributed by atoms with Crippen molar-refractivity contribution in [3.05, 3.63) is 58.6 Å². The van der Waals surface area contributed by atoms with Crippen molar-refractivity contribution in [2.24, 2.45) is 5.92 Å². The lowest BCUT2D eigenvalue weighted by molar-refractivity contribution is -0.384. The van der Waals surface area contributed by atoms with Crippen LogP contribution in [0.25, 0.3) is 0 Å². The Morgan fingerprint density at radius 3 is 2.47 bits per heavy atom. The molecule has 0 unspecified atom stereocenters. The number of anilines is 2. The molecule has 1 aliphatic heterocycles. The number of hydrogen-bond donors (Lipinski definition) is 2. The second-order valence-electron chi connectivity index (χ2n) is 8.27. The Morgan fingerprint density at radius 2 is 1.85 bits per heavy atom. The quantitative estimate of drug-likeness (QED) is 0.299. The number of nitro benzene ring substituents is 1. The zero-order valence-electron chi connectivity index (χ0n) is 19.4. The van der Waals surface area contributed by atoms with Gasteiger partial charge in [-0.1, -0.05) is 18.2 Å². The molecule has 0 aliphatic carbocycles. The Labute approximate surface area is 200 Å². The second-order valence-corrected chi connectivity index (χ2v) is 10.2. The van der Waals surface area contributed by atoms with Crippen LogP contribution in [0, 0.1) is 16.0 Å². The first-order chi connectivity index (χ1) is 16.2. The van der Waals surface area contributed by atoms with Crippen molar-refractivity contribution in [2.75, 3.05) is 50.5 Å². The minimum Gasteiger partial charge on any atom is -0.383 e. The minimum absolute atomic E-state index is 0.0616. The van der Waals surface area contributed by atoms with E-state index in [0.29, 0.717) is 19.4 Å². The monoisotopic (exact) mass is 489 g/mol. The van der Waals surface area contributed by atoms with Crippen LogP contribution in [-0.2, 0) is 14.8 Å². The molecule has 0 aromatic heterocycles. The number of hydrogen-bond acceptors (Lipinski definition) is 7. The first kappa shape index (κ1) is 25.4. The number of sulfonamides is 1. The van der Waals surface area contributed by atoms with E-state index in [-0.39, 0.29) is 41.2 Å². The summed E-state index contributed by atoms with van der Waals surface area (Å²) < 4.78 is 27.3. The lowest BCUT2D eigenvalue weighted by Crippen LogP contribution is -2.43. The van der Waals surface area contributed by atoms with Crippen molar-refractivity contribution >= 4 is 33.0 Å². The Hall–Kier alpha value is -3.18. The molecule has 0 spiro atoms. The maximum atomic E-state index is 13.0. The van der Waals surface area contributed by atoms with Gasteiger partial charge in [0.25, 0.3) is 5.69 Å². The van der Waals surface area contributed by atoms with Crippen LogP contribution in [0.5, 0.6) is 0 Å². The van der Waals surface area contributed by atoms with Crippen LogP contribution in [0.2, 0.25) is 0 Å². The van der Waals surface area contributed by atoms with E-state index in [1.54, 1.807) is 0 Å². The summed E-state index contributed by atoms with van der Waals surface area (Å²) >= 11 is 0. The van der Waals surface area contributed by atoms with Crippen molar-refractivity contribution in [3.63, 3.8) is 0 Å². The molecule has 1 aliphatic rings. The number of nitrogens with one attached hydrogen (secondary N) is 2. The van der Waals surface area contributed by atoms with E-state index in [4.69, 9.17) is 0 Å². The molecule has 1 amide bonds. The average Bonchev–Trinajstić information content (AvgIpc) is 2.86. The van der Waals surface area contributed by atoms with Crippen LogP contribution < -0.4 is 15.5 Å². The van der Waals surface area contributed by atoms with E-state index in [1.807, 2.05) is 37.4 Å². The van der Waals surface area contributed by atoms with Gasteiger partial charge in [-0.25, -0.2) is 8.42 Å². The van der Waals surface area contributed by atoms with Gasteiger partial charge in [-0.15, -0.1) is 0 Å². The van der Waals surface area contributed by atoms with Crippen molar-refractivity contribution in [1.82, 2.24) is 9.62 Å².